The second-order valence-electron chi connectivity index (χ2n) is 9.58. The average molecular weight is 453 g/mol. The quantitative estimate of drug-likeness (QED) is 0.489. The summed E-state index contributed by atoms with van der Waals surface area (Å²) in [5.41, 5.74) is 6.18. The van der Waals surface area contributed by atoms with Crippen LogP contribution in [0.4, 0.5) is 0 Å². The Hall–Kier alpha value is -2.53. The number of carboxylic acids is 1. The second kappa shape index (κ2) is 10.6. The van der Waals surface area contributed by atoms with Crippen molar-refractivity contribution in [3.63, 3.8) is 0 Å². The molecule has 4 rings (SSSR count). The number of hydrogen-bond donors (Lipinski definition) is 1. The van der Waals surface area contributed by atoms with Gasteiger partial charge in [-0.1, -0.05) is 19.4 Å². The molecule has 0 saturated heterocycles. The molecule has 178 valence electrons. The molecule has 1 aromatic rings. The third-order valence-corrected chi connectivity index (χ3v) is 6.90. The minimum atomic E-state index is -0.828. The van der Waals surface area contributed by atoms with Gasteiger partial charge in [0.1, 0.15) is 17.6 Å². The summed E-state index contributed by atoms with van der Waals surface area (Å²) in [5, 5.41) is 10.2. The lowest BCUT2D eigenvalue weighted by molar-refractivity contribution is -0.132. The molecule has 1 aromatic carbocycles. The standard InChI is InChI=1S/C28H36O5/c1-18(2)27-24-17-25(28(29)30)21(19-8-6-9-19)10-4-5-11-22(24)23-13-12-20(16-26(23)33-27)32-15-7-14-31-3/h12-13,16-18,27H,4-11,14-15H2,1-3H3,(H,29,30)/b25-17+. The van der Waals surface area contributed by atoms with E-state index < -0.39 is 5.97 Å². The van der Waals surface area contributed by atoms with E-state index in [-0.39, 0.29) is 12.0 Å². The van der Waals surface area contributed by atoms with E-state index in [2.05, 4.69) is 19.9 Å². The highest BCUT2D eigenvalue weighted by atomic mass is 16.5. The number of rotatable bonds is 7. The number of hydrogen-bond acceptors (Lipinski definition) is 4. The van der Waals surface area contributed by atoms with Crippen LogP contribution in [0.1, 0.15) is 70.8 Å². The van der Waals surface area contributed by atoms with Crippen molar-refractivity contribution in [2.24, 2.45) is 5.92 Å². The zero-order chi connectivity index (χ0) is 23.4. The molecule has 1 heterocycles. The van der Waals surface area contributed by atoms with E-state index in [1.165, 1.54) is 17.6 Å². The number of methoxy groups -OCH3 is 1. The Kier molecular flexibility index (Phi) is 7.59. The molecule has 1 saturated carbocycles. The van der Waals surface area contributed by atoms with Gasteiger partial charge in [-0.15, -0.1) is 0 Å². The first-order valence-electron chi connectivity index (χ1n) is 12.3. The smallest absolute Gasteiger partial charge is 0.335 e. The van der Waals surface area contributed by atoms with Crippen LogP contribution in [0.5, 0.6) is 11.5 Å². The molecule has 5 nitrogen and oxygen atoms in total. The van der Waals surface area contributed by atoms with Crippen LogP contribution in [0.2, 0.25) is 0 Å². The van der Waals surface area contributed by atoms with Crippen LogP contribution in [0.3, 0.4) is 0 Å². The van der Waals surface area contributed by atoms with Crippen molar-refractivity contribution in [2.75, 3.05) is 20.3 Å². The zero-order valence-electron chi connectivity index (χ0n) is 20.1. The molecule has 0 bridgehead atoms. The molecule has 0 radical (unpaired) electrons. The number of carboxylic acid groups (broad SMARTS) is 1. The monoisotopic (exact) mass is 452 g/mol. The summed E-state index contributed by atoms with van der Waals surface area (Å²) in [6, 6.07) is 6.05. The fraction of sp³-hybridized carbons (Fsp3) is 0.536. The minimum Gasteiger partial charge on any atom is -0.493 e. The summed E-state index contributed by atoms with van der Waals surface area (Å²) < 4.78 is 17.5. The molecule has 1 fully saturated rings. The normalized spacial score (nSPS) is 22.2. The summed E-state index contributed by atoms with van der Waals surface area (Å²) >= 11 is 0. The Morgan fingerprint density at radius 3 is 2.48 bits per heavy atom. The molecule has 33 heavy (non-hydrogen) atoms. The maximum atomic E-state index is 12.4. The molecular weight excluding hydrogens is 416 g/mol. The molecule has 0 spiro atoms. The van der Waals surface area contributed by atoms with Crippen molar-refractivity contribution < 1.29 is 24.1 Å². The lowest BCUT2D eigenvalue weighted by Gasteiger charge is -2.33. The van der Waals surface area contributed by atoms with E-state index >= 15 is 0 Å². The van der Waals surface area contributed by atoms with Crippen molar-refractivity contribution >= 4 is 11.5 Å². The topological polar surface area (TPSA) is 65.0 Å². The minimum absolute atomic E-state index is 0.184. The Bertz CT molecular complexity index is 976. The fourth-order valence-corrected chi connectivity index (χ4v) is 5.00. The first-order chi connectivity index (χ1) is 16.0. The molecule has 3 aliphatic rings. The number of aliphatic carboxylic acids is 1. The Labute approximate surface area is 197 Å². The van der Waals surface area contributed by atoms with Gasteiger partial charge in [0, 0.05) is 31.8 Å². The van der Waals surface area contributed by atoms with Gasteiger partial charge in [-0.25, -0.2) is 4.79 Å². The van der Waals surface area contributed by atoms with Gasteiger partial charge in [0.05, 0.1) is 12.2 Å². The number of carbonyl (C=O) groups is 1. The third kappa shape index (κ3) is 5.19. The van der Waals surface area contributed by atoms with E-state index in [0.717, 1.165) is 73.2 Å². The predicted octanol–water partition coefficient (Wildman–Crippen LogP) is 6.34. The van der Waals surface area contributed by atoms with Crippen LogP contribution in [-0.4, -0.2) is 37.5 Å². The van der Waals surface area contributed by atoms with E-state index in [1.54, 1.807) is 7.11 Å². The average Bonchev–Trinajstić information content (AvgIpc) is 2.84. The van der Waals surface area contributed by atoms with Gasteiger partial charge in [0.25, 0.3) is 0 Å². The second-order valence-corrected chi connectivity index (χ2v) is 9.58. The van der Waals surface area contributed by atoms with E-state index in [4.69, 9.17) is 14.2 Å². The Morgan fingerprint density at radius 2 is 1.85 bits per heavy atom. The van der Waals surface area contributed by atoms with Gasteiger partial charge < -0.3 is 19.3 Å². The van der Waals surface area contributed by atoms with Crippen LogP contribution in [0.15, 0.2) is 46.6 Å². The first-order valence-corrected chi connectivity index (χ1v) is 12.3. The first kappa shape index (κ1) is 23.6. The highest BCUT2D eigenvalue weighted by Gasteiger charge is 2.32. The van der Waals surface area contributed by atoms with Crippen LogP contribution in [0, 0.1) is 5.92 Å². The molecule has 1 aliphatic heterocycles. The highest BCUT2D eigenvalue weighted by molar-refractivity contribution is 5.94. The zero-order valence-corrected chi connectivity index (χ0v) is 20.1. The maximum Gasteiger partial charge on any atom is 0.335 e. The number of fused-ring (bicyclic) bond motifs is 2. The molecule has 1 N–H and O–H groups in total. The van der Waals surface area contributed by atoms with Crippen molar-refractivity contribution in [3.8, 4) is 11.5 Å². The largest absolute Gasteiger partial charge is 0.493 e. The van der Waals surface area contributed by atoms with Gasteiger partial charge in [0.2, 0.25) is 0 Å². The van der Waals surface area contributed by atoms with E-state index in [1.807, 2.05) is 18.2 Å². The molecular formula is C28H36O5. The van der Waals surface area contributed by atoms with Crippen molar-refractivity contribution in [1.82, 2.24) is 0 Å². The van der Waals surface area contributed by atoms with Gasteiger partial charge in [0.15, 0.2) is 0 Å². The lowest BCUT2D eigenvalue weighted by atomic mass is 9.82. The van der Waals surface area contributed by atoms with Crippen LogP contribution < -0.4 is 9.47 Å². The SMILES string of the molecule is COCCCOc1ccc2c(c1)OC(C(C)C)C1=C2CCCCC(=C2CCC2)/C(C(=O)O)=C\1. The van der Waals surface area contributed by atoms with Crippen molar-refractivity contribution in [3.05, 3.63) is 52.1 Å². The van der Waals surface area contributed by atoms with Gasteiger partial charge >= 0.3 is 5.97 Å². The van der Waals surface area contributed by atoms with Crippen molar-refractivity contribution in [2.45, 2.75) is 71.3 Å². The number of ether oxygens (including phenoxy) is 3. The molecule has 2 aliphatic carbocycles. The summed E-state index contributed by atoms with van der Waals surface area (Å²) in [6.07, 6.45) is 9.64. The van der Waals surface area contributed by atoms with Crippen LogP contribution in [0.25, 0.3) is 5.57 Å². The van der Waals surface area contributed by atoms with Crippen molar-refractivity contribution in [1.29, 1.82) is 0 Å². The molecule has 5 heteroatoms. The summed E-state index contributed by atoms with van der Waals surface area (Å²) in [4.78, 5) is 12.4. The summed E-state index contributed by atoms with van der Waals surface area (Å²) in [7, 11) is 1.69. The summed E-state index contributed by atoms with van der Waals surface area (Å²) in [6.45, 7) is 5.54. The van der Waals surface area contributed by atoms with Gasteiger partial charge in [-0.2, -0.15) is 0 Å². The lowest BCUT2D eigenvalue weighted by Crippen LogP contribution is -2.29. The van der Waals surface area contributed by atoms with E-state index in [9.17, 15) is 9.90 Å². The molecule has 1 unspecified atom stereocenters. The maximum absolute atomic E-state index is 12.4. The van der Waals surface area contributed by atoms with Crippen LogP contribution >= 0.6 is 0 Å². The molecule has 0 aromatic heterocycles. The molecule has 1 atom stereocenters. The van der Waals surface area contributed by atoms with Gasteiger partial charge in [-0.05, 0) is 85.8 Å². The predicted molar refractivity (Wildman–Crippen MR) is 130 cm³/mol. The number of benzene rings is 1. The Morgan fingerprint density at radius 1 is 1.09 bits per heavy atom. The number of allylic oxidation sites excluding steroid dienone is 2. The highest BCUT2D eigenvalue weighted by Crippen LogP contribution is 2.45. The van der Waals surface area contributed by atoms with Crippen LogP contribution in [-0.2, 0) is 9.53 Å². The Balaban J connectivity index is 1.76. The van der Waals surface area contributed by atoms with E-state index in [0.29, 0.717) is 18.8 Å². The van der Waals surface area contributed by atoms with Gasteiger partial charge in [-0.3, -0.25) is 0 Å². The third-order valence-electron chi connectivity index (χ3n) is 6.90. The summed E-state index contributed by atoms with van der Waals surface area (Å²) in [5.74, 6) is 1.00. The fourth-order valence-electron chi connectivity index (χ4n) is 5.00. The molecule has 0 amide bonds.